The highest BCUT2D eigenvalue weighted by molar-refractivity contribution is 7.85. The molecule has 15 heavy (non-hydrogen) atoms. The maximum atomic E-state index is 11.1. The molecule has 1 fully saturated rings. The van der Waals surface area contributed by atoms with Gasteiger partial charge in [0.05, 0.1) is 0 Å². The molecule has 88 valence electrons. The molecule has 0 radical (unpaired) electrons. The van der Waals surface area contributed by atoms with Crippen LogP contribution in [0.15, 0.2) is 0 Å². The monoisotopic (exact) mass is 233 g/mol. The number of unbranched alkanes of at least 4 members (excludes halogenated alkanes) is 1. The number of hydrogen-bond acceptors (Lipinski definition) is 3. The second-order valence-corrected chi connectivity index (χ2v) is 5.62. The third kappa shape index (κ3) is 5.89. The highest BCUT2D eigenvalue weighted by Crippen LogP contribution is 2.09. The van der Waals surface area contributed by atoms with Gasteiger partial charge in [0.25, 0.3) is 0 Å². The summed E-state index contributed by atoms with van der Waals surface area (Å²) in [6.07, 6.45) is 3.89. The predicted molar refractivity (Wildman–Crippen MR) is 60.4 cm³/mol. The van der Waals surface area contributed by atoms with Crippen molar-refractivity contribution in [2.24, 2.45) is 0 Å². The molecule has 2 N–H and O–H groups in total. The van der Waals surface area contributed by atoms with Crippen LogP contribution in [0.1, 0.15) is 32.1 Å². The summed E-state index contributed by atoms with van der Waals surface area (Å²) in [5, 5.41) is 11.8. The molecule has 1 aliphatic heterocycles. The first-order chi connectivity index (χ1) is 7.18. The Kier molecular flexibility index (Phi) is 5.86. The van der Waals surface area contributed by atoms with Gasteiger partial charge in [-0.25, -0.2) is 0 Å². The maximum absolute atomic E-state index is 11.1. The van der Waals surface area contributed by atoms with Crippen LogP contribution in [0.2, 0.25) is 0 Å². The normalized spacial score (nSPS) is 26.4. The molecule has 0 unspecified atom stereocenters. The van der Waals surface area contributed by atoms with E-state index in [9.17, 15) is 9.00 Å². The number of aliphatic carboxylic acids is 1. The number of carbonyl (C=O) groups is 1. The molecule has 0 aromatic carbocycles. The molecular weight excluding hydrogens is 214 g/mol. The Bertz CT molecular complexity index is 223. The van der Waals surface area contributed by atoms with Crippen molar-refractivity contribution in [3.8, 4) is 0 Å². The molecule has 1 saturated heterocycles. The van der Waals surface area contributed by atoms with E-state index in [1.807, 2.05) is 0 Å². The smallest absolute Gasteiger partial charge is 0.303 e. The van der Waals surface area contributed by atoms with Crippen molar-refractivity contribution < 1.29 is 14.1 Å². The summed E-state index contributed by atoms with van der Waals surface area (Å²) >= 11 is 0. The average Bonchev–Trinajstić information content (AvgIpc) is 2.20. The highest BCUT2D eigenvalue weighted by atomic mass is 32.2. The molecule has 1 aliphatic rings. The van der Waals surface area contributed by atoms with Crippen molar-refractivity contribution >= 4 is 16.8 Å². The quantitative estimate of drug-likeness (QED) is 0.664. The van der Waals surface area contributed by atoms with Crippen molar-refractivity contribution in [2.75, 3.05) is 18.1 Å². The van der Waals surface area contributed by atoms with Crippen LogP contribution in [-0.4, -0.2) is 39.4 Å². The Morgan fingerprint density at radius 3 is 2.60 bits per heavy atom. The van der Waals surface area contributed by atoms with Crippen molar-refractivity contribution in [1.82, 2.24) is 5.32 Å². The van der Waals surface area contributed by atoms with Crippen LogP contribution in [-0.2, 0) is 15.6 Å². The lowest BCUT2D eigenvalue weighted by Gasteiger charge is -2.22. The minimum absolute atomic E-state index is 0.260. The van der Waals surface area contributed by atoms with Crippen LogP contribution in [0, 0.1) is 0 Å². The molecule has 0 spiro atoms. The molecule has 0 saturated carbocycles. The predicted octanol–water partition coefficient (Wildman–Crippen LogP) is 0.742. The fourth-order valence-corrected chi connectivity index (χ4v) is 3.00. The maximum Gasteiger partial charge on any atom is 0.303 e. The summed E-state index contributed by atoms with van der Waals surface area (Å²) in [4.78, 5) is 10.2. The first kappa shape index (κ1) is 12.6. The van der Waals surface area contributed by atoms with Crippen LogP contribution in [0.5, 0.6) is 0 Å². The van der Waals surface area contributed by atoms with E-state index in [1.165, 1.54) is 0 Å². The molecule has 0 aromatic heterocycles. The zero-order valence-electron chi connectivity index (χ0n) is 8.91. The molecule has 1 heterocycles. The lowest BCUT2D eigenvalue weighted by molar-refractivity contribution is -0.137. The molecular formula is C10H19NO3S. The lowest BCUT2D eigenvalue weighted by atomic mass is 10.1. The number of nitrogens with one attached hydrogen (secondary N) is 1. The summed E-state index contributed by atoms with van der Waals surface area (Å²) < 4.78 is 11.1. The minimum Gasteiger partial charge on any atom is -0.481 e. The van der Waals surface area contributed by atoms with Crippen LogP contribution < -0.4 is 5.32 Å². The highest BCUT2D eigenvalue weighted by Gasteiger charge is 2.16. The Labute approximate surface area is 92.9 Å². The van der Waals surface area contributed by atoms with Gasteiger partial charge in [0.2, 0.25) is 0 Å². The van der Waals surface area contributed by atoms with Crippen molar-refractivity contribution in [1.29, 1.82) is 0 Å². The largest absolute Gasteiger partial charge is 0.481 e. The second kappa shape index (κ2) is 6.95. The van der Waals surface area contributed by atoms with Gasteiger partial charge in [-0.05, 0) is 32.2 Å². The third-order valence-corrected chi connectivity index (χ3v) is 4.02. The molecule has 0 aromatic rings. The topological polar surface area (TPSA) is 66.4 Å². The number of carboxylic acid groups (broad SMARTS) is 1. The zero-order valence-corrected chi connectivity index (χ0v) is 9.72. The van der Waals surface area contributed by atoms with E-state index in [4.69, 9.17) is 5.11 Å². The van der Waals surface area contributed by atoms with Gasteiger partial charge in [-0.15, -0.1) is 0 Å². The third-order valence-electron chi connectivity index (χ3n) is 2.64. The van der Waals surface area contributed by atoms with E-state index in [0.29, 0.717) is 6.04 Å². The van der Waals surface area contributed by atoms with Gasteiger partial charge >= 0.3 is 5.97 Å². The Hall–Kier alpha value is -0.420. The van der Waals surface area contributed by atoms with Crippen LogP contribution in [0.4, 0.5) is 0 Å². The molecule has 1 rings (SSSR count). The van der Waals surface area contributed by atoms with Crippen LogP contribution in [0.25, 0.3) is 0 Å². The summed E-state index contributed by atoms with van der Waals surface area (Å²) in [5.74, 6) is 0.905. The fraction of sp³-hybridized carbons (Fsp3) is 0.900. The molecule has 0 amide bonds. The minimum atomic E-state index is -0.719. The zero-order chi connectivity index (χ0) is 11.1. The van der Waals surface area contributed by atoms with Gasteiger partial charge < -0.3 is 10.4 Å². The van der Waals surface area contributed by atoms with Gasteiger partial charge in [0.1, 0.15) is 0 Å². The molecule has 0 bridgehead atoms. The van der Waals surface area contributed by atoms with E-state index in [1.54, 1.807) is 0 Å². The molecule has 0 aliphatic carbocycles. The summed E-state index contributed by atoms with van der Waals surface area (Å²) in [5.41, 5.74) is 0. The van der Waals surface area contributed by atoms with E-state index >= 15 is 0 Å². The first-order valence-electron chi connectivity index (χ1n) is 5.48. The van der Waals surface area contributed by atoms with Crippen LogP contribution >= 0.6 is 0 Å². The van der Waals surface area contributed by atoms with Gasteiger partial charge in [0, 0.05) is 34.8 Å². The van der Waals surface area contributed by atoms with Gasteiger partial charge in [-0.1, -0.05) is 0 Å². The molecule has 4 nitrogen and oxygen atoms in total. The van der Waals surface area contributed by atoms with E-state index in [-0.39, 0.29) is 6.42 Å². The molecule has 5 heteroatoms. The van der Waals surface area contributed by atoms with E-state index < -0.39 is 16.8 Å². The van der Waals surface area contributed by atoms with Crippen molar-refractivity contribution in [2.45, 2.75) is 38.1 Å². The summed E-state index contributed by atoms with van der Waals surface area (Å²) in [6, 6.07) is 0.493. The van der Waals surface area contributed by atoms with Gasteiger partial charge in [-0.2, -0.15) is 0 Å². The fourth-order valence-electron chi connectivity index (χ4n) is 1.71. The van der Waals surface area contributed by atoms with E-state index in [2.05, 4.69) is 5.32 Å². The van der Waals surface area contributed by atoms with Crippen molar-refractivity contribution in [3.63, 3.8) is 0 Å². The average molecular weight is 233 g/mol. The number of hydrogen-bond donors (Lipinski definition) is 2. The Balaban J connectivity index is 1.96. The van der Waals surface area contributed by atoms with E-state index in [0.717, 1.165) is 43.7 Å². The molecule has 0 atom stereocenters. The Morgan fingerprint density at radius 1 is 1.33 bits per heavy atom. The van der Waals surface area contributed by atoms with Crippen molar-refractivity contribution in [3.05, 3.63) is 0 Å². The summed E-state index contributed by atoms with van der Waals surface area (Å²) in [7, 11) is -0.594. The summed E-state index contributed by atoms with van der Waals surface area (Å²) in [6.45, 7) is 0.880. The first-order valence-corrected chi connectivity index (χ1v) is 6.97. The number of rotatable bonds is 6. The van der Waals surface area contributed by atoms with Gasteiger partial charge in [-0.3, -0.25) is 9.00 Å². The standard InChI is InChI=1S/C10H19NO3S/c12-10(13)3-1-2-6-11-9-4-7-15(14)8-5-9/h9,11H,1-8H2,(H,12,13). The van der Waals surface area contributed by atoms with Crippen LogP contribution in [0.3, 0.4) is 0 Å². The second-order valence-electron chi connectivity index (χ2n) is 3.93. The lowest BCUT2D eigenvalue weighted by Crippen LogP contribution is -2.36. The SMILES string of the molecule is O=C(O)CCCCNC1CCS(=O)CC1. The van der Waals surface area contributed by atoms with Gasteiger partial charge in [0.15, 0.2) is 0 Å². The Morgan fingerprint density at radius 2 is 2.00 bits per heavy atom. The number of carboxylic acids is 1.